The molecule has 0 aliphatic carbocycles. The van der Waals surface area contributed by atoms with Gasteiger partial charge < -0.3 is 20.9 Å². The topological polar surface area (TPSA) is 146 Å². The van der Waals surface area contributed by atoms with Crippen LogP contribution in [0.1, 0.15) is 43.9 Å². The summed E-state index contributed by atoms with van der Waals surface area (Å²) in [6, 6.07) is 15.7. The van der Waals surface area contributed by atoms with Crippen LogP contribution in [-0.4, -0.2) is 56.7 Å². The maximum absolute atomic E-state index is 13.1. The van der Waals surface area contributed by atoms with Gasteiger partial charge in [0.15, 0.2) is 0 Å². The normalized spacial score (nSPS) is 13.9. The van der Waals surface area contributed by atoms with Crippen LogP contribution >= 0.6 is 15.9 Å². The number of para-hydroxylation sites is 1. The minimum absolute atomic E-state index is 0.121. The molecule has 1 fully saturated rings. The van der Waals surface area contributed by atoms with Gasteiger partial charge in [-0.2, -0.15) is 0 Å². The van der Waals surface area contributed by atoms with E-state index >= 15 is 0 Å². The number of hydrogen-bond donors (Lipinski definition) is 4. The summed E-state index contributed by atoms with van der Waals surface area (Å²) in [5, 5.41) is 6.11. The standard InChI is InChI=1S/C26H24BrN7O3/c27-17-7-8-21(29-14-17)30-18-9-11-34(12-10-18)25(37)16-4-1-3-15(13-16)24(36)33-26-31-20-6-2-5-19(23(28)35)22(20)32-26/h1-8,13-14,18H,9-12H2,(H2,28,35)(H,29,30)(H2,31,32,33,36). The molecule has 0 unspecified atom stereocenters. The summed E-state index contributed by atoms with van der Waals surface area (Å²) in [4.78, 5) is 51.1. The van der Waals surface area contributed by atoms with Crippen LogP contribution in [0.3, 0.4) is 0 Å². The second kappa shape index (κ2) is 10.4. The van der Waals surface area contributed by atoms with E-state index in [1.165, 1.54) is 0 Å². The summed E-state index contributed by atoms with van der Waals surface area (Å²) < 4.78 is 0.921. The summed E-state index contributed by atoms with van der Waals surface area (Å²) in [5.74, 6) is -0.169. The molecule has 1 aliphatic rings. The van der Waals surface area contributed by atoms with Gasteiger partial charge in [-0.3, -0.25) is 19.7 Å². The molecule has 0 atom stereocenters. The van der Waals surface area contributed by atoms with Crippen molar-refractivity contribution in [3.63, 3.8) is 0 Å². The maximum atomic E-state index is 13.1. The minimum Gasteiger partial charge on any atom is -0.367 e. The first kappa shape index (κ1) is 24.4. The first-order valence-corrected chi connectivity index (χ1v) is 12.5. The van der Waals surface area contributed by atoms with Crippen molar-refractivity contribution in [2.45, 2.75) is 18.9 Å². The Morgan fingerprint density at radius 2 is 1.78 bits per heavy atom. The summed E-state index contributed by atoms with van der Waals surface area (Å²) in [6.07, 6.45) is 3.34. The highest BCUT2D eigenvalue weighted by atomic mass is 79.9. The van der Waals surface area contributed by atoms with Crippen molar-refractivity contribution < 1.29 is 14.4 Å². The van der Waals surface area contributed by atoms with Crippen molar-refractivity contribution in [2.24, 2.45) is 5.73 Å². The Labute approximate surface area is 220 Å². The van der Waals surface area contributed by atoms with Crippen molar-refractivity contribution in [3.8, 4) is 0 Å². The molecule has 37 heavy (non-hydrogen) atoms. The Hall–Kier alpha value is -4.25. The lowest BCUT2D eigenvalue weighted by molar-refractivity contribution is 0.0718. The number of nitrogens with one attached hydrogen (secondary N) is 3. The molecule has 3 heterocycles. The number of fused-ring (bicyclic) bond motifs is 1. The number of pyridine rings is 1. The lowest BCUT2D eigenvalue weighted by Gasteiger charge is -2.32. The number of amides is 3. The fraction of sp³-hybridized carbons (Fsp3) is 0.192. The summed E-state index contributed by atoms with van der Waals surface area (Å²) in [7, 11) is 0. The van der Waals surface area contributed by atoms with Crippen LogP contribution in [0.5, 0.6) is 0 Å². The number of primary amides is 1. The number of imidazole rings is 1. The Morgan fingerprint density at radius 3 is 2.51 bits per heavy atom. The van der Waals surface area contributed by atoms with Crippen LogP contribution < -0.4 is 16.4 Å². The molecule has 188 valence electrons. The molecule has 5 rings (SSSR count). The monoisotopic (exact) mass is 561 g/mol. The number of nitrogens with two attached hydrogens (primary N) is 1. The number of anilines is 2. The first-order valence-electron chi connectivity index (χ1n) is 11.7. The first-order chi connectivity index (χ1) is 17.9. The van der Waals surface area contributed by atoms with Crippen molar-refractivity contribution in [1.29, 1.82) is 0 Å². The molecule has 1 aliphatic heterocycles. The molecule has 11 heteroatoms. The van der Waals surface area contributed by atoms with Gasteiger partial charge in [0.2, 0.25) is 5.95 Å². The van der Waals surface area contributed by atoms with E-state index in [9.17, 15) is 14.4 Å². The van der Waals surface area contributed by atoms with Gasteiger partial charge in [0.05, 0.1) is 11.1 Å². The average molecular weight is 562 g/mol. The molecule has 0 spiro atoms. The molecular formula is C26H24BrN7O3. The highest BCUT2D eigenvalue weighted by molar-refractivity contribution is 9.10. The number of rotatable bonds is 6. The molecule has 0 bridgehead atoms. The Kier molecular flexibility index (Phi) is 6.87. The molecule has 3 amide bonds. The zero-order valence-electron chi connectivity index (χ0n) is 19.7. The highest BCUT2D eigenvalue weighted by Gasteiger charge is 2.24. The lowest BCUT2D eigenvalue weighted by Crippen LogP contribution is -2.42. The van der Waals surface area contributed by atoms with Gasteiger partial charge in [0, 0.05) is 40.9 Å². The fourth-order valence-electron chi connectivity index (χ4n) is 4.34. The van der Waals surface area contributed by atoms with Crippen LogP contribution in [-0.2, 0) is 0 Å². The van der Waals surface area contributed by atoms with Crippen molar-refractivity contribution in [2.75, 3.05) is 23.7 Å². The number of carbonyl (C=O) groups is 3. The summed E-state index contributed by atoms with van der Waals surface area (Å²) in [6.45, 7) is 1.20. The van der Waals surface area contributed by atoms with Gasteiger partial charge >= 0.3 is 0 Å². The van der Waals surface area contributed by atoms with E-state index in [0.717, 1.165) is 23.1 Å². The molecule has 0 saturated carbocycles. The van der Waals surface area contributed by atoms with Crippen molar-refractivity contribution in [3.05, 3.63) is 82.0 Å². The largest absolute Gasteiger partial charge is 0.367 e. The van der Waals surface area contributed by atoms with E-state index in [0.29, 0.717) is 35.2 Å². The predicted molar refractivity (Wildman–Crippen MR) is 143 cm³/mol. The number of H-pyrrole nitrogens is 1. The van der Waals surface area contributed by atoms with Gasteiger partial charge in [-0.05, 0) is 71.2 Å². The summed E-state index contributed by atoms with van der Waals surface area (Å²) in [5.41, 5.74) is 7.38. The van der Waals surface area contributed by atoms with E-state index in [-0.39, 0.29) is 23.5 Å². The molecular weight excluding hydrogens is 538 g/mol. The third kappa shape index (κ3) is 5.46. The molecule has 4 aromatic rings. The van der Waals surface area contributed by atoms with E-state index in [2.05, 4.69) is 41.5 Å². The van der Waals surface area contributed by atoms with Crippen LogP contribution in [0.4, 0.5) is 11.8 Å². The van der Waals surface area contributed by atoms with E-state index < -0.39 is 11.8 Å². The number of aromatic amines is 1. The Balaban J connectivity index is 1.22. The molecule has 0 radical (unpaired) electrons. The molecule has 10 nitrogen and oxygen atoms in total. The minimum atomic E-state index is -0.606. The number of benzene rings is 2. The van der Waals surface area contributed by atoms with Crippen LogP contribution in [0, 0.1) is 0 Å². The number of nitrogens with zero attached hydrogens (tertiary/aromatic N) is 3. The number of likely N-dealkylation sites (tertiary alicyclic amines) is 1. The molecule has 2 aromatic heterocycles. The maximum Gasteiger partial charge on any atom is 0.257 e. The zero-order valence-corrected chi connectivity index (χ0v) is 21.3. The predicted octanol–water partition coefficient (Wildman–Crippen LogP) is 3.79. The number of halogens is 1. The number of hydrogen-bond acceptors (Lipinski definition) is 6. The van der Waals surface area contributed by atoms with Crippen molar-refractivity contribution in [1.82, 2.24) is 19.9 Å². The van der Waals surface area contributed by atoms with Gasteiger partial charge in [0.1, 0.15) is 11.3 Å². The van der Waals surface area contributed by atoms with Gasteiger partial charge in [-0.15, -0.1) is 0 Å². The Morgan fingerprint density at radius 1 is 1.03 bits per heavy atom. The van der Waals surface area contributed by atoms with Crippen LogP contribution in [0.2, 0.25) is 0 Å². The van der Waals surface area contributed by atoms with Crippen LogP contribution in [0.25, 0.3) is 11.0 Å². The molecule has 1 saturated heterocycles. The average Bonchev–Trinajstić information content (AvgIpc) is 3.32. The summed E-state index contributed by atoms with van der Waals surface area (Å²) >= 11 is 3.38. The SMILES string of the molecule is NC(=O)c1cccc2[nH]c(NC(=O)c3cccc(C(=O)N4CCC(Nc5ccc(Br)cn5)CC4)c3)nc12. The van der Waals surface area contributed by atoms with Gasteiger partial charge in [-0.1, -0.05) is 12.1 Å². The van der Waals surface area contributed by atoms with E-state index in [1.54, 1.807) is 53.6 Å². The lowest BCUT2D eigenvalue weighted by atomic mass is 10.0. The third-order valence-electron chi connectivity index (χ3n) is 6.24. The second-order valence-corrected chi connectivity index (χ2v) is 9.67. The van der Waals surface area contributed by atoms with E-state index in [4.69, 9.17) is 5.73 Å². The quantitative estimate of drug-likeness (QED) is 0.281. The number of aromatic nitrogens is 3. The van der Waals surface area contributed by atoms with Gasteiger partial charge in [-0.25, -0.2) is 9.97 Å². The molecule has 5 N–H and O–H groups in total. The fourth-order valence-corrected chi connectivity index (χ4v) is 4.58. The second-order valence-electron chi connectivity index (χ2n) is 8.76. The zero-order chi connectivity index (χ0) is 25.9. The van der Waals surface area contributed by atoms with Gasteiger partial charge in [0.25, 0.3) is 17.7 Å². The molecule has 2 aromatic carbocycles. The Bertz CT molecular complexity index is 1480. The smallest absolute Gasteiger partial charge is 0.257 e. The van der Waals surface area contributed by atoms with Crippen LogP contribution in [0.15, 0.2) is 65.3 Å². The third-order valence-corrected chi connectivity index (χ3v) is 6.71. The van der Waals surface area contributed by atoms with E-state index in [1.807, 2.05) is 12.1 Å². The highest BCUT2D eigenvalue weighted by Crippen LogP contribution is 2.21. The number of carbonyl (C=O) groups excluding carboxylic acids is 3. The number of piperidine rings is 1. The van der Waals surface area contributed by atoms with Crippen molar-refractivity contribution >= 4 is 56.5 Å².